The molecule has 0 saturated heterocycles. The van der Waals surface area contributed by atoms with Gasteiger partial charge in [0.25, 0.3) is 5.69 Å². The van der Waals surface area contributed by atoms with Gasteiger partial charge in [0.05, 0.1) is 4.92 Å². The van der Waals surface area contributed by atoms with E-state index in [0.717, 1.165) is 5.56 Å². The number of rotatable bonds is 1. The third-order valence-electron chi connectivity index (χ3n) is 1.88. The van der Waals surface area contributed by atoms with Crippen LogP contribution in [0.1, 0.15) is 11.1 Å². The Bertz CT molecular complexity index is 402. The smallest absolute Gasteiger partial charge is 0.270 e. The van der Waals surface area contributed by atoms with Gasteiger partial charge in [0, 0.05) is 23.3 Å². The van der Waals surface area contributed by atoms with Crippen molar-refractivity contribution in [1.29, 1.82) is 0 Å². The second kappa shape index (κ2) is 2.77. The molecule has 1 aromatic rings. The van der Waals surface area contributed by atoms with Gasteiger partial charge < -0.3 is 4.74 Å². The first-order valence-electron chi connectivity index (χ1n) is 3.63. The molecule has 0 N–H and O–H groups in total. The lowest BCUT2D eigenvalue weighted by molar-refractivity contribution is -0.384. The summed E-state index contributed by atoms with van der Waals surface area (Å²) in [6, 6.07) is 4.58. The molecule has 2 rings (SSSR count). The minimum Gasteiger partial charge on any atom is -0.478 e. The maximum Gasteiger partial charge on any atom is 0.270 e. The summed E-state index contributed by atoms with van der Waals surface area (Å²) >= 11 is 4.88. The summed E-state index contributed by atoms with van der Waals surface area (Å²) in [4.78, 5) is 9.99. The van der Waals surface area contributed by atoms with Crippen LogP contribution in [0.5, 0.6) is 0 Å². The zero-order chi connectivity index (χ0) is 9.42. The number of nitro benzene ring substituents is 1. The summed E-state index contributed by atoms with van der Waals surface area (Å²) in [5.74, 6) is 0. The van der Waals surface area contributed by atoms with Gasteiger partial charge in [-0.15, -0.1) is 0 Å². The highest BCUT2D eigenvalue weighted by molar-refractivity contribution is 7.80. The van der Waals surface area contributed by atoms with E-state index >= 15 is 0 Å². The summed E-state index contributed by atoms with van der Waals surface area (Å²) < 4.78 is 5.07. The molecule has 1 aliphatic rings. The van der Waals surface area contributed by atoms with Crippen LogP contribution in [-0.4, -0.2) is 9.97 Å². The van der Waals surface area contributed by atoms with Gasteiger partial charge in [-0.2, -0.15) is 0 Å². The highest BCUT2D eigenvalue weighted by Crippen LogP contribution is 2.24. The van der Waals surface area contributed by atoms with E-state index in [4.69, 9.17) is 17.0 Å². The minimum absolute atomic E-state index is 0.0478. The number of nitro groups is 1. The number of ether oxygens (including phenoxy) is 1. The predicted octanol–water partition coefficient (Wildman–Crippen LogP) is 1.80. The first kappa shape index (κ1) is 8.12. The Morgan fingerprint density at radius 1 is 1.54 bits per heavy atom. The van der Waals surface area contributed by atoms with Gasteiger partial charge in [0.2, 0.25) is 0 Å². The molecule has 0 radical (unpaired) electrons. The van der Waals surface area contributed by atoms with Gasteiger partial charge in [-0.25, -0.2) is 0 Å². The standard InChI is InChI=1S/C8H5NO3S/c10-9(11)6-2-1-5-4-12-8(13)7(5)3-6/h1-3H,4H2. The van der Waals surface area contributed by atoms with Crippen LogP contribution in [0, 0.1) is 10.1 Å². The van der Waals surface area contributed by atoms with Crippen LogP contribution in [0.2, 0.25) is 0 Å². The van der Waals surface area contributed by atoms with Gasteiger partial charge in [0.15, 0.2) is 5.05 Å². The van der Waals surface area contributed by atoms with Crippen LogP contribution in [0.25, 0.3) is 0 Å². The van der Waals surface area contributed by atoms with Crippen LogP contribution in [0.3, 0.4) is 0 Å². The monoisotopic (exact) mass is 195 g/mol. The van der Waals surface area contributed by atoms with Gasteiger partial charge in [0.1, 0.15) is 6.61 Å². The maximum absolute atomic E-state index is 10.4. The molecule has 0 atom stereocenters. The van der Waals surface area contributed by atoms with Crippen LogP contribution in [-0.2, 0) is 11.3 Å². The topological polar surface area (TPSA) is 52.4 Å². The van der Waals surface area contributed by atoms with E-state index in [9.17, 15) is 10.1 Å². The summed E-state index contributed by atoms with van der Waals surface area (Å²) in [5.41, 5.74) is 1.63. The lowest BCUT2D eigenvalue weighted by atomic mass is 10.1. The summed E-state index contributed by atoms with van der Waals surface area (Å²) in [6.45, 7) is 0.423. The number of hydrogen-bond donors (Lipinski definition) is 0. The second-order valence-electron chi connectivity index (χ2n) is 2.67. The van der Waals surface area contributed by atoms with Crippen molar-refractivity contribution < 1.29 is 9.66 Å². The van der Waals surface area contributed by atoms with Crippen LogP contribution >= 0.6 is 12.2 Å². The molecular weight excluding hydrogens is 190 g/mol. The lowest BCUT2D eigenvalue weighted by Gasteiger charge is -1.94. The molecule has 1 aromatic carbocycles. The van der Waals surface area contributed by atoms with Crippen LogP contribution in [0.15, 0.2) is 18.2 Å². The van der Waals surface area contributed by atoms with Gasteiger partial charge >= 0.3 is 0 Å². The first-order valence-corrected chi connectivity index (χ1v) is 4.04. The lowest BCUT2D eigenvalue weighted by Crippen LogP contribution is -1.94. The number of non-ortho nitro benzene ring substituents is 1. The average Bonchev–Trinajstić information content (AvgIpc) is 2.47. The Balaban J connectivity index is 2.54. The molecule has 13 heavy (non-hydrogen) atoms. The van der Waals surface area contributed by atoms with E-state index in [1.807, 2.05) is 0 Å². The zero-order valence-corrected chi connectivity index (χ0v) is 7.34. The maximum atomic E-state index is 10.4. The van der Waals surface area contributed by atoms with Gasteiger partial charge in [-0.3, -0.25) is 10.1 Å². The molecule has 5 heteroatoms. The molecule has 0 aromatic heterocycles. The van der Waals surface area contributed by atoms with Crippen molar-refractivity contribution in [3.8, 4) is 0 Å². The Morgan fingerprint density at radius 2 is 2.31 bits per heavy atom. The Morgan fingerprint density at radius 3 is 3.00 bits per heavy atom. The van der Waals surface area contributed by atoms with E-state index in [1.165, 1.54) is 12.1 Å². The van der Waals surface area contributed by atoms with E-state index in [1.54, 1.807) is 6.07 Å². The van der Waals surface area contributed by atoms with Crippen molar-refractivity contribution in [2.24, 2.45) is 0 Å². The molecule has 0 spiro atoms. The molecule has 1 heterocycles. The van der Waals surface area contributed by atoms with Crippen molar-refractivity contribution >= 4 is 23.0 Å². The number of nitrogens with zero attached hydrogens (tertiary/aromatic N) is 1. The van der Waals surface area contributed by atoms with E-state index in [-0.39, 0.29) is 5.69 Å². The fourth-order valence-corrected chi connectivity index (χ4v) is 1.46. The highest BCUT2D eigenvalue weighted by Gasteiger charge is 2.20. The average molecular weight is 195 g/mol. The molecule has 66 valence electrons. The Hall–Kier alpha value is -1.49. The third kappa shape index (κ3) is 1.27. The number of fused-ring (bicyclic) bond motifs is 1. The number of thiocarbonyl (C=S) groups is 1. The van der Waals surface area contributed by atoms with Crippen LogP contribution in [0.4, 0.5) is 5.69 Å². The fourth-order valence-electron chi connectivity index (χ4n) is 1.21. The van der Waals surface area contributed by atoms with E-state index in [0.29, 0.717) is 17.2 Å². The Kier molecular flexibility index (Phi) is 1.73. The first-order chi connectivity index (χ1) is 6.18. The summed E-state index contributed by atoms with van der Waals surface area (Å²) in [5, 5.41) is 10.8. The molecule has 1 aliphatic heterocycles. The van der Waals surface area contributed by atoms with Gasteiger partial charge in [-0.05, 0) is 18.3 Å². The Labute approximate surface area is 79.3 Å². The van der Waals surface area contributed by atoms with Crippen molar-refractivity contribution in [2.75, 3.05) is 0 Å². The molecule has 0 bridgehead atoms. The van der Waals surface area contributed by atoms with E-state index < -0.39 is 4.92 Å². The van der Waals surface area contributed by atoms with Gasteiger partial charge in [-0.1, -0.05) is 0 Å². The summed E-state index contributed by atoms with van der Waals surface area (Å²) in [6.07, 6.45) is 0. The molecule has 0 saturated carbocycles. The largest absolute Gasteiger partial charge is 0.478 e. The van der Waals surface area contributed by atoms with Crippen molar-refractivity contribution in [3.05, 3.63) is 39.4 Å². The molecular formula is C8H5NO3S. The third-order valence-corrected chi connectivity index (χ3v) is 2.22. The van der Waals surface area contributed by atoms with E-state index in [2.05, 4.69) is 0 Å². The number of benzene rings is 1. The van der Waals surface area contributed by atoms with Crippen molar-refractivity contribution in [1.82, 2.24) is 0 Å². The highest BCUT2D eigenvalue weighted by atomic mass is 32.1. The SMILES string of the molecule is O=[N+]([O-])c1ccc2c(c1)C(=S)OC2. The summed E-state index contributed by atoms with van der Waals surface area (Å²) in [7, 11) is 0. The van der Waals surface area contributed by atoms with Crippen molar-refractivity contribution in [2.45, 2.75) is 6.61 Å². The number of hydrogen-bond acceptors (Lipinski definition) is 4. The molecule has 4 nitrogen and oxygen atoms in total. The normalized spacial score (nSPS) is 13.7. The predicted molar refractivity (Wildman–Crippen MR) is 49.6 cm³/mol. The molecule has 0 aliphatic carbocycles. The van der Waals surface area contributed by atoms with Crippen molar-refractivity contribution in [3.63, 3.8) is 0 Å². The van der Waals surface area contributed by atoms with Crippen LogP contribution < -0.4 is 0 Å². The molecule has 0 fully saturated rings. The second-order valence-corrected chi connectivity index (χ2v) is 3.05. The molecule has 0 amide bonds. The minimum atomic E-state index is -0.443. The quantitative estimate of drug-likeness (QED) is 0.389. The molecule has 0 unspecified atom stereocenters. The fraction of sp³-hybridized carbons (Fsp3) is 0.125. The zero-order valence-electron chi connectivity index (χ0n) is 6.52.